The summed E-state index contributed by atoms with van der Waals surface area (Å²) in [6, 6.07) is 8.20. The zero-order valence-corrected chi connectivity index (χ0v) is 9.32. The topological polar surface area (TPSA) is 88.0 Å². The third-order valence-electron chi connectivity index (χ3n) is 2.28. The van der Waals surface area contributed by atoms with Gasteiger partial charge in [0, 0.05) is 16.5 Å². The van der Waals surface area contributed by atoms with Crippen molar-refractivity contribution < 1.29 is 10.2 Å². The molecule has 0 radical (unpaired) electrons. The Morgan fingerprint density at radius 2 is 1.65 bits per heavy atom. The SMILES string of the molecule is N#Cc1c(O)cc(O)c(C#N)c1-c1cccs1. The molecule has 82 valence electrons. The lowest BCUT2D eigenvalue weighted by molar-refractivity contribution is 0.449. The Morgan fingerprint density at radius 3 is 2.06 bits per heavy atom. The minimum absolute atomic E-state index is 0.00167. The summed E-state index contributed by atoms with van der Waals surface area (Å²) in [5.41, 5.74) is 0.283. The average Bonchev–Trinajstić information content (AvgIpc) is 2.81. The standard InChI is InChI=1S/C12H6N2O2S/c13-5-7-9(15)4-10(16)8(6-14)12(7)11-2-1-3-17-11/h1-4,15-16H. The summed E-state index contributed by atoms with van der Waals surface area (Å²) in [4.78, 5) is 0.657. The molecule has 0 aliphatic carbocycles. The number of aromatic hydroxyl groups is 2. The largest absolute Gasteiger partial charge is 0.506 e. The van der Waals surface area contributed by atoms with E-state index in [1.54, 1.807) is 17.5 Å². The van der Waals surface area contributed by atoms with Gasteiger partial charge >= 0.3 is 0 Å². The molecule has 1 heterocycles. The molecule has 0 aliphatic heterocycles. The fourth-order valence-electron chi connectivity index (χ4n) is 1.55. The van der Waals surface area contributed by atoms with E-state index in [0.29, 0.717) is 4.88 Å². The minimum atomic E-state index is -0.326. The highest BCUT2D eigenvalue weighted by atomic mass is 32.1. The summed E-state index contributed by atoms with van der Waals surface area (Å²) < 4.78 is 0. The molecule has 0 atom stereocenters. The second kappa shape index (κ2) is 4.17. The molecule has 0 spiro atoms. The van der Waals surface area contributed by atoms with Crippen LogP contribution in [0.3, 0.4) is 0 Å². The van der Waals surface area contributed by atoms with E-state index >= 15 is 0 Å². The summed E-state index contributed by atoms with van der Waals surface area (Å²) in [5.74, 6) is -0.653. The van der Waals surface area contributed by atoms with Gasteiger partial charge < -0.3 is 10.2 Å². The van der Waals surface area contributed by atoms with Crippen LogP contribution in [-0.2, 0) is 0 Å². The van der Waals surface area contributed by atoms with Crippen LogP contribution in [0.4, 0.5) is 0 Å². The van der Waals surface area contributed by atoms with E-state index in [9.17, 15) is 10.2 Å². The minimum Gasteiger partial charge on any atom is -0.506 e. The van der Waals surface area contributed by atoms with Gasteiger partial charge in [0.1, 0.15) is 34.8 Å². The molecule has 2 N–H and O–H groups in total. The number of benzene rings is 1. The molecule has 0 aliphatic rings. The van der Waals surface area contributed by atoms with E-state index in [1.165, 1.54) is 11.3 Å². The van der Waals surface area contributed by atoms with Gasteiger partial charge in [-0.05, 0) is 11.4 Å². The highest BCUT2D eigenvalue weighted by molar-refractivity contribution is 7.13. The van der Waals surface area contributed by atoms with Crippen molar-refractivity contribution >= 4 is 11.3 Å². The molecule has 0 bridgehead atoms. The van der Waals surface area contributed by atoms with Crippen molar-refractivity contribution in [2.75, 3.05) is 0 Å². The predicted octanol–water partition coefficient (Wildman–Crippen LogP) is 2.57. The van der Waals surface area contributed by atoms with Gasteiger partial charge in [0.15, 0.2) is 0 Å². The van der Waals surface area contributed by atoms with Gasteiger partial charge in [0.05, 0.1) is 0 Å². The number of nitrogens with zero attached hydrogens (tertiary/aromatic N) is 2. The average molecular weight is 242 g/mol. The maximum absolute atomic E-state index is 9.60. The van der Waals surface area contributed by atoms with Crippen LogP contribution in [0.5, 0.6) is 11.5 Å². The van der Waals surface area contributed by atoms with Crippen LogP contribution in [0.25, 0.3) is 10.4 Å². The molecule has 0 fully saturated rings. The van der Waals surface area contributed by atoms with Crippen LogP contribution >= 0.6 is 11.3 Å². The van der Waals surface area contributed by atoms with Crippen LogP contribution in [0.2, 0.25) is 0 Å². The summed E-state index contributed by atoms with van der Waals surface area (Å²) in [6.45, 7) is 0. The number of phenolic OH excluding ortho intramolecular Hbond substituents is 2. The van der Waals surface area contributed by atoms with E-state index in [-0.39, 0.29) is 28.2 Å². The molecule has 1 aromatic heterocycles. The maximum atomic E-state index is 9.60. The Labute approximate surface area is 101 Å². The summed E-state index contributed by atoms with van der Waals surface area (Å²) in [7, 11) is 0. The lowest BCUT2D eigenvalue weighted by Gasteiger charge is -2.07. The molecule has 0 amide bonds. The van der Waals surface area contributed by atoms with E-state index in [0.717, 1.165) is 6.07 Å². The quantitative estimate of drug-likeness (QED) is 0.804. The van der Waals surface area contributed by atoms with Crippen LogP contribution in [0.15, 0.2) is 23.6 Å². The third-order valence-corrected chi connectivity index (χ3v) is 3.16. The van der Waals surface area contributed by atoms with Gasteiger partial charge in [-0.3, -0.25) is 0 Å². The number of hydrogen-bond acceptors (Lipinski definition) is 5. The highest BCUT2D eigenvalue weighted by Gasteiger charge is 2.19. The number of thiophene rings is 1. The predicted molar refractivity (Wildman–Crippen MR) is 62.5 cm³/mol. The van der Waals surface area contributed by atoms with Crippen LogP contribution < -0.4 is 0 Å². The van der Waals surface area contributed by atoms with Gasteiger partial charge in [-0.25, -0.2) is 0 Å². The number of rotatable bonds is 1. The summed E-state index contributed by atoms with van der Waals surface area (Å²) in [5, 5.41) is 39.0. The maximum Gasteiger partial charge on any atom is 0.137 e. The smallest absolute Gasteiger partial charge is 0.137 e. The number of hydrogen-bond donors (Lipinski definition) is 2. The van der Waals surface area contributed by atoms with Gasteiger partial charge in [0.2, 0.25) is 0 Å². The molecular weight excluding hydrogens is 236 g/mol. The molecule has 0 saturated carbocycles. The molecule has 2 rings (SSSR count). The van der Waals surface area contributed by atoms with Crippen molar-refractivity contribution in [1.29, 1.82) is 10.5 Å². The van der Waals surface area contributed by atoms with Gasteiger partial charge in [-0.1, -0.05) is 6.07 Å². The lowest BCUT2D eigenvalue weighted by Crippen LogP contribution is -1.90. The van der Waals surface area contributed by atoms with Crippen molar-refractivity contribution in [3.8, 4) is 34.1 Å². The monoisotopic (exact) mass is 242 g/mol. The van der Waals surface area contributed by atoms with Crippen molar-refractivity contribution in [2.45, 2.75) is 0 Å². The Hall–Kier alpha value is -2.50. The van der Waals surface area contributed by atoms with Gasteiger partial charge in [0.25, 0.3) is 0 Å². The van der Waals surface area contributed by atoms with E-state index in [2.05, 4.69) is 0 Å². The zero-order valence-electron chi connectivity index (χ0n) is 8.51. The highest BCUT2D eigenvalue weighted by Crippen LogP contribution is 2.39. The number of phenols is 2. The first-order valence-corrected chi connectivity index (χ1v) is 5.50. The Kier molecular flexibility index (Phi) is 2.70. The van der Waals surface area contributed by atoms with E-state index < -0.39 is 0 Å². The Bertz CT molecular complexity index is 610. The lowest BCUT2D eigenvalue weighted by atomic mass is 9.99. The third kappa shape index (κ3) is 1.69. The molecule has 17 heavy (non-hydrogen) atoms. The van der Waals surface area contributed by atoms with Crippen LogP contribution in [0, 0.1) is 22.7 Å². The Balaban J connectivity index is 2.89. The molecule has 5 heteroatoms. The molecule has 0 saturated heterocycles. The van der Waals surface area contributed by atoms with Crippen molar-refractivity contribution in [3.05, 3.63) is 34.7 Å². The molecule has 0 unspecified atom stereocenters. The first-order valence-electron chi connectivity index (χ1n) is 4.62. The molecular formula is C12H6N2O2S. The molecule has 4 nitrogen and oxygen atoms in total. The van der Waals surface area contributed by atoms with Crippen molar-refractivity contribution in [1.82, 2.24) is 0 Å². The second-order valence-corrected chi connectivity index (χ2v) is 4.19. The zero-order chi connectivity index (χ0) is 12.4. The molecule has 1 aromatic carbocycles. The second-order valence-electron chi connectivity index (χ2n) is 3.24. The first-order chi connectivity index (χ1) is 8.19. The normalized spacial score (nSPS) is 9.53. The fourth-order valence-corrected chi connectivity index (χ4v) is 2.33. The summed E-state index contributed by atoms with van der Waals surface area (Å²) >= 11 is 1.33. The molecule has 2 aromatic rings. The van der Waals surface area contributed by atoms with Crippen LogP contribution in [-0.4, -0.2) is 10.2 Å². The van der Waals surface area contributed by atoms with E-state index in [4.69, 9.17) is 10.5 Å². The fraction of sp³-hybridized carbons (Fsp3) is 0. The van der Waals surface area contributed by atoms with E-state index in [1.807, 2.05) is 12.1 Å². The van der Waals surface area contributed by atoms with Gasteiger partial charge in [-0.2, -0.15) is 10.5 Å². The first kappa shape index (κ1) is 11.0. The Morgan fingerprint density at radius 1 is 1.06 bits per heavy atom. The number of nitriles is 2. The van der Waals surface area contributed by atoms with Crippen molar-refractivity contribution in [3.63, 3.8) is 0 Å². The van der Waals surface area contributed by atoms with Crippen molar-refractivity contribution in [2.24, 2.45) is 0 Å². The summed E-state index contributed by atoms with van der Waals surface area (Å²) in [6.07, 6.45) is 0. The van der Waals surface area contributed by atoms with Crippen LogP contribution in [0.1, 0.15) is 11.1 Å². The van der Waals surface area contributed by atoms with Gasteiger partial charge in [-0.15, -0.1) is 11.3 Å².